The number of hydrogen-bond acceptors (Lipinski definition) is 6. The van der Waals surface area contributed by atoms with Crippen LogP contribution in [0.1, 0.15) is 11.1 Å². The number of benzene rings is 1. The Kier molecular flexibility index (Phi) is 4.82. The fourth-order valence-electron chi connectivity index (χ4n) is 2.80. The van der Waals surface area contributed by atoms with Crippen molar-refractivity contribution < 1.29 is 13.2 Å². The van der Waals surface area contributed by atoms with Crippen molar-refractivity contribution in [3.63, 3.8) is 0 Å². The average Bonchev–Trinajstić information content (AvgIpc) is 3.28. The highest BCUT2D eigenvalue weighted by molar-refractivity contribution is 5.75. The van der Waals surface area contributed by atoms with Gasteiger partial charge in [0.15, 0.2) is 5.65 Å². The van der Waals surface area contributed by atoms with Gasteiger partial charge in [0.05, 0.1) is 41.6 Å². The van der Waals surface area contributed by atoms with Gasteiger partial charge in [-0.05, 0) is 23.8 Å². The Morgan fingerprint density at radius 2 is 2.03 bits per heavy atom. The standard InChI is InChI=1S/C18H13F3N8/c19-14-2-1-11(4-22)12(3-14)8-29-17-13(6-25-29)5-23-18(27-17)26-15-7-24-28(9-15)10-16(20)21/h1-3,5-7,9,16H,8,10H2,(H,23,26,27). The van der Waals surface area contributed by atoms with Crippen molar-refractivity contribution in [2.75, 3.05) is 5.32 Å². The second-order valence-corrected chi connectivity index (χ2v) is 6.16. The maximum Gasteiger partial charge on any atom is 0.257 e. The number of halogens is 3. The van der Waals surface area contributed by atoms with E-state index in [-0.39, 0.29) is 12.5 Å². The summed E-state index contributed by atoms with van der Waals surface area (Å²) in [5, 5.41) is 20.8. The van der Waals surface area contributed by atoms with Crippen LogP contribution in [0.5, 0.6) is 0 Å². The summed E-state index contributed by atoms with van der Waals surface area (Å²) in [5.41, 5.74) is 1.73. The monoisotopic (exact) mass is 398 g/mol. The minimum Gasteiger partial charge on any atom is -0.321 e. The lowest BCUT2D eigenvalue weighted by Crippen LogP contribution is -2.07. The molecule has 0 unspecified atom stereocenters. The lowest BCUT2D eigenvalue weighted by Gasteiger charge is -2.07. The molecule has 29 heavy (non-hydrogen) atoms. The highest BCUT2D eigenvalue weighted by atomic mass is 19.3. The quantitative estimate of drug-likeness (QED) is 0.536. The van der Waals surface area contributed by atoms with Gasteiger partial charge in [0.2, 0.25) is 5.95 Å². The van der Waals surface area contributed by atoms with E-state index in [1.165, 1.54) is 35.3 Å². The Bertz CT molecular complexity index is 1210. The minimum absolute atomic E-state index is 0.146. The van der Waals surface area contributed by atoms with Crippen molar-refractivity contribution >= 4 is 22.7 Å². The molecule has 0 amide bonds. The van der Waals surface area contributed by atoms with E-state index >= 15 is 0 Å². The summed E-state index contributed by atoms with van der Waals surface area (Å²) in [6.07, 6.45) is 3.41. The lowest BCUT2D eigenvalue weighted by atomic mass is 10.1. The molecule has 0 aliphatic heterocycles. The van der Waals surface area contributed by atoms with E-state index in [2.05, 4.69) is 25.5 Å². The third kappa shape index (κ3) is 4.01. The Morgan fingerprint density at radius 3 is 2.83 bits per heavy atom. The first-order valence-corrected chi connectivity index (χ1v) is 8.46. The number of nitrogens with zero attached hydrogens (tertiary/aromatic N) is 7. The molecule has 4 rings (SSSR count). The molecule has 0 aliphatic rings. The van der Waals surface area contributed by atoms with Crippen LogP contribution in [0.4, 0.5) is 24.8 Å². The molecule has 146 valence electrons. The van der Waals surface area contributed by atoms with Crippen LogP contribution in [-0.2, 0) is 13.1 Å². The summed E-state index contributed by atoms with van der Waals surface area (Å²) in [5.74, 6) is -0.233. The molecule has 0 atom stereocenters. The zero-order valence-corrected chi connectivity index (χ0v) is 14.8. The van der Waals surface area contributed by atoms with E-state index in [1.807, 2.05) is 6.07 Å². The molecule has 0 bridgehead atoms. The predicted octanol–water partition coefficient (Wildman–Crippen LogP) is 3.09. The van der Waals surface area contributed by atoms with Gasteiger partial charge in [0, 0.05) is 12.4 Å². The van der Waals surface area contributed by atoms with Crippen molar-refractivity contribution in [3.05, 3.63) is 59.9 Å². The van der Waals surface area contributed by atoms with Crippen LogP contribution in [0.15, 0.2) is 43.0 Å². The van der Waals surface area contributed by atoms with Crippen LogP contribution in [-0.4, -0.2) is 36.0 Å². The molecule has 3 aromatic heterocycles. The highest BCUT2D eigenvalue weighted by Gasteiger charge is 2.12. The summed E-state index contributed by atoms with van der Waals surface area (Å²) in [4.78, 5) is 8.56. The predicted molar refractivity (Wildman–Crippen MR) is 97.1 cm³/mol. The lowest BCUT2D eigenvalue weighted by molar-refractivity contribution is 0.122. The van der Waals surface area contributed by atoms with Crippen molar-refractivity contribution in [2.24, 2.45) is 0 Å². The molecule has 0 radical (unpaired) electrons. The van der Waals surface area contributed by atoms with E-state index in [1.54, 1.807) is 12.4 Å². The summed E-state index contributed by atoms with van der Waals surface area (Å²) in [6.45, 7) is -0.365. The first-order chi connectivity index (χ1) is 14.0. The smallest absolute Gasteiger partial charge is 0.257 e. The van der Waals surface area contributed by atoms with Crippen molar-refractivity contribution in [2.45, 2.75) is 19.5 Å². The summed E-state index contributed by atoms with van der Waals surface area (Å²) in [7, 11) is 0. The third-order valence-corrected chi connectivity index (χ3v) is 4.10. The summed E-state index contributed by atoms with van der Waals surface area (Å²) < 4.78 is 41.1. The van der Waals surface area contributed by atoms with E-state index in [9.17, 15) is 18.4 Å². The largest absolute Gasteiger partial charge is 0.321 e. The Labute approximate surface area is 162 Å². The number of aromatic nitrogens is 6. The van der Waals surface area contributed by atoms with Crippen molar-refractivity contribution in [1.29, 1.82) is 5.26 Å². The molecule has 0 saturated carbocycles. The molecular formula is C18H13F3N8. The van der Waals surface area contributed by atoms with Gasteiger partial charge in [-0.2, -0.15) is 20.4 Å². The van der Waals surface area contributed by atoms with Gasteiger partial charge in [-0.1, -0.05) is 0 Å². The second-order valence-electron chi connectivity index (χ2n) is 6.16. The molecule has 1 N–H and O–H groups in total. The van der Waals surface area contributed by atoms with Crippen LogP contribution < -0.4 is 5.32 Å². The van der Waals surface area contributed by atoms with E-state index in [0.29, 0.717) is 27.8 Å². The van der Waals surface area contributed by atoms with Crippen molar-refractivity contribution in [1.82, 2.24) is 29.5 Å². The first kappa shape index (κ1) is 18.4. The molecule has 4 aromatic rings. The molecule has 11 heteroatoms. The van der Waals surface area contributed by atoms with E-state index in [4.69, 9.17) is 0 Å². The second kappa shape index (κ2) is 7.59. The Hall–Kier alpha value is -3.94. The van der Waals surface area contributed by atoms with Gasteiger partial charge in [0.1, 0.15) is 12.4 Å². The van der Waals surface area contributed by atoms with Crippen molar-refractivity contribution in [3.8, 4) is 6.07 Å². The van der Waals surface area contributed by atoms with Crippen LogP contribution >= 0.6 is 0 Å². The minimum atomic E-state index is -2.51. The normalized spacial score (nSPS) is 11.1. The number of alkyl halides is 2. The van der Waals surface area contributed by atoms with Crippen LogP contribution in [0.25, 0.3) is 11.0 Å². The number of nitriles is 1. The third-order valence-electron chi connectivity index (χ3n) is 4.10. The zero-order chi connectivity index (χ0) is 20.4. The average molecular weight is 398 g/mol. The molecule has 3 heterocycles. The van der Waals surface area contributed by atoms with Gasteiger partial charge >= 0.3 is 0 Å². The van der Waals surface area contributed by atoms with Crippen LogP contribution in [0.2, 0.25) is 0 Å². The Balaban J connectivity index is 1.61. The number of rotatable bonds is 6. The maximum absolute atomic E-state index is 13.6. The molecule has 0 spiro atoms. The van der Waals surface area contributed by atoms with Gasteiger partial charge in [0.25, 0.3) is 6.43 Å². The number of hydrogen-bond donors (Lipinski definition) is 1. The van der Waals surface area contributed by atoms with Crippen LogP contribution in [0.3, 0.4) is 0 Å². The zero-order valence-electron chi connectivity index (χ0n) is 14.8. The molecule has 0 saturated heterocycles. The molecule has 8 nitrogen and oxygen atoms in total. The number of anilines is 2. The van der Waals surface area contributed by atoms with Gasteiger partial charge < -0.3 is 5.32 Å². The van der Waals surface area contributed by atoms with E-state index < -0.39 is 18.8 Å². The van der Waals surface area contributed by atoms with E-state index in [0.717, 1.165) is 4.68 Å². The molecule has 0 aliphatic carbocycles. The van der Waals surface area contributed by atoms with Gasteiger partial charge in [-0.25, -0.2) is 22.8 Å². The van der Waals surface area contributed by atoms with Gasteiger partial charge in [-0.3, -0.25) is 4.68 Å². The topological polar surface area (TPSA) is 97.2 Å². The summed E-state index contributed by atoms with van der Waals surface area (Å²) in [6, 6.07) is 5.95. The maximum atomic E-state index is 13.6. The summed E-state index contributed by atoms with van der Waals surface area (Å²) >= 11 is 0. The fraction of sp³-hybridized carbons (Fsp3) is 0.167. The number of fused-ring (bicyclic) bond motifs is 1. The van der Waals surface area contributed by atoms with Gasteiger partial charge in [-0.15, -0.1) is 0 Å². The molecule has 1 aromatic carbocycles. The Morgan fingerprint density at radius 1 is 1.17 bits per heavy atom. The van der Waals surface area contributed by atoms with Crippen LogP contribution in [0, 0.1) is 17.1 Å². The molecule has 0 fully saturated rings. The number of nitrogens with one attached hydrogen (secondary N) is 1. The SMILES string of the molecule is N#Cc1ccc(F)cc1Cn1ncc2cnc(Nc3cnn(CC(F)F)c3)nc21. The highest BCUT2D eigenvalue weighted by Crippen LogP contribution is 2.19. The molecular weight excluding hydrogens is 385 g/mol. The fourth-order valence-corrected chi connectivity index (χ4v) is 2.80. The first-order valence-electron chi connectivity index (χ1n) is 8.46.